The van der Waals surface area contributed by atoms with Crippen molar-refractivity contribution in [1.82, 2.24) is 13.9 Å². The summed E-state index contributed by atoms with van der Waals surface area (Å²) >= 11 is 0. The number of benzene rings is 1. The van der Waals surface area contributed by atoms with E-state index < -0.39 is 10.0 Å². The van der Waals surface area contributed by atoms with E-state index in [9.17, 15) is 8.42 Å². The summed E-state index contributed by atoms with van der Waals surface area (Å²) in [5.41, 5.74) is 2.91. The van der Waals surface area contributed by atoms with Gasteiger partial charge in [-0.25, -0.2) is 13.4 Å². The van der Waals surface area contributed by atoms with E-state index in [1.807, 2.05) is 37.6 Å². The Bertz CT molecular complexity index is 812. The van der Waals surface area contributed by atoms with Gasteiger partial charge in [0.25, 0.3) is 0 Å². The van der Waals surface area contributed by atoms with E-state index in [0.717, 1.165) is 17.0 Å². The van der Waals surface area contributed by atoms with Crippen molar-refractivity contribution in [2.45, 2.75) is 31.2 Å². The first kappa shape index (κ1) is 17.1. The molecule has 0 fully saturated rings. The smallest absolute Gasteiger partial charge is 0.243 e. The van der Waals surface area contributed by atoms with Crippen LogP contribution in [0.4, 0.5) is 0 Å². The van der Waals surface area contributed by atoms with E-state index >= 15 is 0 Å². The summed E-state index contributed by atoms with van der Waals surface area (Å²) in [5, 5.41) is 0. The Morgan fingerprint density at radius 2 is 2.00 bits per heavy atom. The van der Waals surface area contributed by atoms with Gasteiger partial charge in [0.05, 0.1) is 30.1 Å². The molecule has 0 bridgehead atoms. The van der Waals surface area contributed by atoms with Crippen LogP contribution in [0.1, 0.15) is 29.8 Å². The van der Waals surface area contributed by atoms with Gasteiger partial charge in [0.15, 0.2) is 0 Å². The maximum absolute atomic E-state index is 13.0. The van der Waals surface area contributed by atoms with E-state index in [1.54, 1.807) is 18.5 Å². The van der Waals surface area contributed by atoms with Crippen molar-refractivity contribution in [2.24, 2.45) is 7.05 Å². The summed E-state index contributed by atoms with van der Waals surface area (Å²) in [6.45, 7) is 5.68. The lowest BCUT2D eigenvalue weighted by Gasteiger charge is -2.32. The summed E-state index contributed by atoms with van der Waals surface area (Å²) in [5.74, 6) is -0.0126. The molecule has 0 N–H and O–H groups in total. The monoisotopic (exact) mass is 349 g/mol. The molecule has 0 spiro atoms. The van der Waals surface area contributed by atoms with Crippen LogP contribution in [0, 0.1) is 6.92 Å². The molecule has 6 nitrogen and oxygen atoms in total. The van der Waals surface area contributed by atoms with Crippen molar-refractivity contribution in [3.8, 4) is 0 Å². The van der Waals surface area contributed by atoms with Crippen LogP contribution in [0.3, 0.4) is 0 Å². The average molecular weight is 349 g/mol. The first-order valence-corrected chi connectivity index (χ1v) is 9.52. The third-order valence-corrected chi connectivity index (χ3v) is 6.21. The van der Waals surface area contributed by atoms with Gasteiger partial charge >= 0.3 is 0 Å². The van der Waals surface area contributed by atoms with Crippen molar-refractivity contribution in [1.29, 1.82) is 0 Å². The molecular weight excluding hydrogens is 326 g/mol. The fourth-order valence-electron chi connectivity index (χ4n) is 3.13. The van der Waals surface area contributed by atoms with Gasteiger partial charge in [0.1, 0.15) is 0 Å². The van der Waals surface area contributed by atoms with E-state index in [0.29, 0.717) is 31.2 Å². The Morgan fingerprint density at radius 1 is 1.29 bits per heavy atom. The number of ether oxygens (including phenoxy) is 1. The van der Waals surface area contributed by atoms with Crippen LogP contribution in [0.5, 0.6) is 0 Å². The van der Waals surface area contributed by atoms with Gasteiger partial charge in [-0.2, -0.15) is 4.31 Å². The molecule has 1 aliphatic heterocycles. The SMILES string of the molecule is CCOCC1CN(S(=O)(=O)c2ccc(C)cc2)Cc2ncn(C)c21. The zero-order valence-electron chi connectivity index (χ0n) is 14.3. The zero-order chi connectivity index (χ0) is 17.3. The number of rotatable bonds is 5. The van der Waals surface area contributed by atoms with Crippen LogP contribution in [-0.4, -0.2) is 42.0 Å². The van der Waals surface area contributed by atoms with Crippen LogP contribution < -0.4 is 0 Å². The highest BCUT2D eigenvalue weighted by Crippen LogP contribution is 2.31. The van der Waals surface area contributed by atoms with Crippen LogP contribution >= 0.6 is 0 Å². The van der Waals surface area contributed by atoms with E-state index in [1.165, 1.54) is 4.31 Å². The second kappa shape index (κ2) is 6.66. The predicted molar refractivity (Wildman–Crippen MR) is 91.2 cm³/mol. The number of imidazole rings is 1. The standard InChI is InChI=1S/C17H23N3O3S/c1-4-23-11-14-9-20(10-16-17(14)19(3)12-18-16)24(21,22)15-7-5-13(2)6-8-15/h5-8,12,14H,4,9-11H2,1-3H3. The predicted octanol–water partition coefficient (Wildman–Crippen LogP) is 2.05. The van der Waals surface area contributed by atoms with Crippen LogP contribution in [-0.2, 0) is 28.4 Å². The van der Waals surface area contributed by atoms with Crippen molar-refractivity contribution in [3.63, 3.8) is 0 Å². The molecule has 24 heavy (non-hydrogen) atoms. The molecule has 130 valence electrons. The highest BCUT2D eigenvalue weighted by Gasteiger charge is 2.35. The maximum atomic E-state index is 13.0. The average Bonchev–Trinajstić information content (AvgIpc) is 2.94. The summed E-state index contributed by atoms with van der Waals surface area (Å²) in [6.07, 6.45) is 1.74. The third kappa shape index (κ3) is 3.11. The minimum atomic E-state index is -3.54. The number of nitrogens with zero attached hydrogens (tertiary/aromatic N) is 3. The Balaban J connectivity index is 1.93. The fourth-order valence-corrected chi connectivity index (χ4v) is 4.58. The van der Waals surface area contributed by atoms with Crippen LogP contribution in [0.25, 0.3) is 0 Å². The maximum Gasteiger partial charge on any atom is 0.243 e. The lowest BCUT2D eigenvalue weighted by atomic mass is 10.0. The highest BCUT2D eigenvalue weighted by atomic mass is 32.2. The molecule has 0 radical (unpaired) electrons. The molecule has 1 aliphatic rings. The molecule has 2 heterocycles. The number of hydrogen-bond acceptors (Lipinski definition) is 4. The van der Waals surface area contributed by atoms with Gasteiger partial charge in [0.2, 0.25) is 10.0 Å². The largest absolute Gasteiger partial charge is 0.381 e. The van der Waals surface area contributed by atoms with Gasteiger partial charge in [-0.15, -0.1) is 0 Å². The van der Waals surface area contributed by atoms with Gasteiger partial charge in [-0.1, -0.05) is 17.7 Å². The minimum Gasteiger partial charge on any atom is -0.381 e. The second-order valence-electron chi connectivity index (χ2n) is 6.15. The Morgan fingerprint density at radius 3 is 2.67 bits per heavy atom. The molecule has 7 heteroatoms. The molecule has 1 aromatic heterocycles. The summed E-state index contributed by atoms with van der Waals surface area (Å²) in [6, 6.07) is 6.97. The van der Waals surface area contributed by atoms with Crippen LogP contribution in [0.2, 0.25) is 0 Å². The summed E-state index contributed by atoms with van der Waals surface area (Å²) in [7, 11) is -1.60. The van der Waals surface area contributed by atoms with Crippen molar-refractivity contribution < 1.29 is 13.2 Å². The number of fused-ring (bicyclic) bond motifs is 1. The first-order chi connectivity index (χ1) is 11.4. The number of aromatic nitrogens is 2. The molecule has 0 saturated carbocycles. The molecule has 1 unspecified atom stereocenters. The molecule has 2 aromatic rings. The van der Waals surface area contributed by atoms with Crippen molar-refractivity contribution in [2.75, 3.05) is 19.8 Å². The van der Waals surface area contributed by atoms with Crippen LogP contribution in [0.15, 0.2) is 35.5 Å². The van der Waals surface area contributed by atoms with E-state index in [-0.39, 0.29) is 5.92 Å². The highest BCUT2D eigenvalue weighted by molar-refractivity contribution is 7.89. The van der Waals surface area contributed by atoms with E-state index in [4.69, 9.17) is 4.74 Å². The number of aryl methyl sites for hydroxylation is 2. The molecule has 3 rings (SSSR count). The fraction of sp³-hybridized carbons (Fsp3) is 0.471. The lowest BCUT2D eigenvalue weighted by Crippen LogP contribution is -2.40. The Kier molecular flexibility index (Phi) is 4.76. The van der Waals surface area contributed by atoms with Gasteiger partial charge < -0.3 is 9.30 Å². The molecule has 1 atom stereocenters. The first-order valence-electron chi connectivity index (χ1n) is 8.08. The number of hydrogen-bond donors (Lipinski definition) is 0. The summed E-state index contributed by atoms with van der Waals surface area (Å²) in [4.78, 5) is 4.71. The second-order valence-corrected chi connectivity index (χ2v) is 8.09. The zero-order valence-corrected chi connectivity index (χ0v) is 15.1. The molecular formula is C17H23N3O3S. The van der Waals surface area contributed by atoms with E-state index in [2.05, 4.69) is 4.98 Å². The quantitative estimate of drug-likeness (QED) is 0.829. The van der Waals surface area contributed by atoms with Gasteiger partial charge in [-0.3, -0.25) is 0 Å². The molecule has 1 aromatic carbocycles. The lowest BCUT2D eigenvalue weighted by molar-refractivity contribution is 0.119. The van der Waals surface area contributed by atoms with Gasteiger partial charge in [-0.05, 0) is 26.0 Å². The van der Waals surface area contributed by atoms with Gasteiger partial charge in [0, 0.05) is 31.8 Å². The normalized spacial score (nSPS) is 18.5. The topological polar surface area (TPSA) is 64.4 Å². The van der Waals surface area contributed by atoms with Crippen molar-refractivity contribution in [3.05, 3.63) is 47.5 Å². The Labute approximate surface area is 143 Å². The minimum absolute atomic E-state index is 0.0126. The Hall–Kier alpha value is -1.70. The molecule has 0 amide bonds. The van der Waals surface area contributed by atoms with Crippen molar-refractivity contribution >= 4 is 10.0 Å². The number of sulfonamides is 1. The third-order valence-electron chi connectivity index (χ3n) is 4.38. The molecule has 0 aliphatic carbocycles. The molecule has 0 saturated heterocycles. The summed E-state index contributed by atoms with van der Waals surface area (Å²) < 4.78 is 35.0.